The molecule has 0 aliphatic rings. The van der Waals surface area contributed by atoms with Crippen molar-refractivity contribution in [1.29, 1.82) is 0 Å². The van der Waals surface area contributed by atoms with Gasteiger partial charge in [-0.25, -0.2) is 0 Å². The molecule has 2 N–H and O–H groups in total. The monoisotopic (exact) mass is 294 g/mol. The van der Waals surface area contributed by atoms with Crippen LogP contribution in [-0.2, 0) is 0 Å². The number of benzene rings is 2. The minimum absolute atomic E-state index is 0.00244. The van der Waals surface area contributed by atoms with E-state index in [0.717, 1.165) is 5.69 Å². The van der Waals surface area contributed by atoms with Crippen LogP contribution in [0.5, 0.6) is 5.75 Å². The Labute approximate surface area is 127 Å². The lowest BCUT2D eigenvalue weighted by atomic mass is 10.1. The molecule has 0 radical (unpaired) electrons. The highest BCUT2D eigenvalue weighted by Gasteiger charge is 2.12. The minimum atomic E-state index is -0.355. The molecule has 6 nitrogen and oxygen atoms in total. The minimum Gasteiger partial charge on any atom is -0.507 e. The number of amides is 1. The fourth-order valence-electron chi connectivity index (χ4n) is 2.07. The van der Waals surface area contributed by atoms with Crippen molar-refractivity contribution >= 4 is 11.6 Å². The van der Waals surface area contributed by atoms with Gasteiger partial charge in [0.25, 0.3) is 5.91 Å². The zero-order chi connectivity index (χ0) is 15.5. The second-order valence-corrected chi connectivity index (χ2v) is 4.79. The first-order valence-electron chi connectivity index (χ1n) is 6.72. The Balaban J connectivity index is 1.78. The third kappa shape index (κ3) is 2.67. The lowest BCUT2D eigenvalue weighted by Crippen LogP contribution is -2.12. The Morgan fingerprint density at radius 1 is 1.09 bits per heavy atom. The summed E-state index contributed by atoms with van der Waals surface area (Å²) in [5.41, 5.74) is 2.33. The van der Waals surface area contributed by atoms with E-state index in [9.17, 15) is 9.90 Å². The lowest BCUT2D eigenvalue weighted by Gasteiger charge is -2.09. The van der Waals surface area contributed by atoms with Gasteiger partial charge in [0.05, 0.1) is 23.6 Å². The molecule has 0 saturated carbocycles. The fraction of sp³-hybridized carbons (Fsp3) is 0.0625. The summed E-state index contributed by atoms with van der Waals surface area (Å²) < 4.78 is 0. The highest BCUT2D eigenvalue weighted by Crippen LogP contribution is 2.22. The first-order chi connectivity index (χ1) is 10.6. The van der Waals surface area contributed by atoms with Crippen LogP contribution in [0.25, 0.3) is 5.69 Å². The maximum Gasteiger partial charge on any atom is 0.259 e. The molecule has 0 saturated heterocycles. The van der Waals surface area contributed by atoms with Crippen LogP contribution < -0.4 is 5.32 Å². The molecule has 0 spiro atoms. The van der Waals surface area contributed by atoms with E-state index in [1.807, 2.05) is 0 Å². The number of aromatic nitrogens is 3. The number of hydrogen-bond acceptors (Lipinski definition) is 4. The number of nitrogens with one attached hydrogen (secondary N) is 1. The molecule has 0 aliphatic carbocycles. The van der Waals surface area contributed by atoms with E-state index >= 15 is 0 Å². The number of carbonyl (C=O) groups excluding carboxylic acids is 1. The number of aromatic hydroxyl groups is 1. The largest absolute Gasteiger partial charge is 0.507 e. The number of phenols is 1. The van der Waals surface area contributed by atoms with Gasteiger partial charge < -0.3 is 10.4 Å². The summed E-state index contributed by atoms with van der Waals surface area (Å²) in [6.45, 7) is 1.75. The Morgan fingerprint density at radius 3 is 2.45 bits per heavy atom. The van der Waals surface area contributed by atoms with Crippen LogP contribution in [0.2, 0.25) is 0 Å². The summed E-state index contributed by atoms with van der Waals surface area (Å²) in [5.74, 6) is -0.358. The quantitative estimate of drug-likeness (QED) is 0.778. The van der Waals surface area contributed by atoms with Crippen LogP contribution in [0.3, 0.4) is 0 Å². The summed E-state index contributed by atoms with van der Waals surface area (Å²) in [6.07, 6.45) is 3.19. The van der Waals surface area contributed by atoms with Crippen molar-refractivity contribution in [3.63, 3.8) is 0 Å². The van der Waals surface area contributed by atoms with Gasteiger partial charge in [0.1, 0.15) is 5.75 Å². The fourth-order valence-corrected chi connectivity index (χ4v) is 2.07. The van der Waals surface area contributed by atoms with Crippen LogP contribution in [0, 0.1) is 6.92 Å². The second-order valence-electron chi connectivity index (χ2n) is 4.79. The van der Waals surface area contributed by atoms with Crippen LogP contribution in [0.1, 0.15) is 15.9 Å². The molecule has 3 aromatic rings. The van der Waals surface area contributed by atoms with Gasteiger partial charge in [-0.3, -0.25) is 4.79 Å². The van der Waals surface area contributed by atoms with Crippen LogP contribution >= 0.6 is 0 Å². The summed E-state index contributed by atoms with van der Waals surface area (Å²) in [5, 5.41) is 20.7. The number of nitrogens with zero attached hydrogens (tertiary/aromatic N) is 3. The van der Waals surface area contributed by atoms with E-state index in [4.69, 9.17) is 0 Å². The maximum atomic E-state index is 12.2. The molecule has 110 valence electrons. The van der Waals surface area contributed by atoms with Crippen molar-refractivity contribution in [3.8, 4) is 11.4 Å². The number of anilines is 1. The van der Waals surface area contributed by atoms with E-state index in [1.165, 1.54) is 4.80 Å². The molecule has 0 atom stereocenters. The summed E-state index contributed by atoms with van der Waals surface area (Å²) >= 11 is 0. The van der Waals surface area contributed by atoms with Crippen molar-refractivity contribution in [2.24, 2.45) is 0 Å². The molecular weight excluding hydrogens is 280 g/mol. The van der Waals surface area contributed by atoms with Gasteiger partial charge in [-0.15, -0.1) is 0 Å². The molecule has 0 unspecified atom stereocenters. The molecule has 22 heavy (non-hydrogen) atoms. The zero-order valence-corrected chi connectivity index (χ0v) is 11.9. The molecule has 0 fully saturated rings. The SMILES string of the molecule is Cc1cccc(C(=O)Nc2ccc(-n3nccn3)cc2)c1O. The average Bonchev–Trinajstić information content (AvgIpc) is 3.05. The zero-order valence-electron chi connectivity index (χ0n) is 11.9. The number of carbonyl (C=O) groups is 1. The molecule has 1 amide bonds. The Bertz CT molecular complexity index is 796. The van der Waals surface area contributed by atoms with Crippen molar-refractivity contribution in [3.05, 3.63) is 66.0 Å². The summed E-state index contributed by atoms with van der Waals surface area (Å²) in [4.78, 5) is 13.7. The van der Waals surface area contributed by atoms with Gasteiger partial charge >= 0.3 is 0 Å². The highest BCUT2D eigenvalue weighted by molar-refractivity contribution is 6.06. The van der Waals surface area contributed by atoms with E-state index < -0.39 is 0 Å². The van der Waals surface area contributed by atoms with Crippen molar-refractivity contribution < 1.29 is 9.90 Å². The highest BCUT2D eigenvalue weighted by atomic mass is 16.3. The lowest BCUT2D eigenvalue weighted by molar-refractivity contribution is 0.102. The number of para-hydroxylation sites is 1. The molecule has 2 aromatic carbocycles. The molecule has 0 aliphatic heterocycles. The van der Waals surface area contributed by atoms with E-state index in [1.54, 1.807) is 61.8 Å². The van der Waals surface area contributed by atoms with E-state index in [0.29, 0.717) is 11.3 Å². The van der Waals surface area contributed by atoms with Gasteiger partial charge in [-0.2, -0.15) is 15.0 Å². The first-order valence-corrected chi connectivity index (χ1v) is 6.72. The van der Waals surface area contributed by atoms with E-state index in [-0.39, 0.29) is 17.2 Å². The summed E-state index contributed by atoms with van der Waals surface area (Å²) in [7, 11) is 0. The number of phenolic OH excluding ortho intramolecular Hbond substituents is 1. The number of hydrogen-bond donors (Lipinski definition) is 2. The first kappa shape index (κ1) is 13.8. The van der Waals surface area contributed by atoms with Crippen LogP contribution in [-0.4, -0.2) is 26.0 Å². The smallest absolute Gasteiger partial charge is 0.259 e. The maximum absolute atomic E-state index is 12.2. The van der Waals surface area contributed by atoms with Gasteiger partial charge in [0.2, 0.25) is 0 Å². The van der Waals surface area contributed by atoms with Gasteiger partial charge in [-0.05, 0) is 42.8 Å². The molecule has 1 aromatic heterocycles. The molecule has 1 heterocycles. The number of aryl methyl sites for hydroxylation is 1. The van der Waals surface area contributed by atoms with Crippen molar-refractivity contribution in [1.82, 2.24) is 15.0 Å². The molecular formula is C16H14N4O2. The third-order valence-electron chi connectivity index (χ3n) is 3.26. The Morgan fingerprint density at radius 2 is 1.77 bits per heavy atom. The van der Waals surface area contributed by atoms with Gasteiger partial charge in [0, 0.05) is 5.69 Å². The summed E-state index contributed by atoms with van der Waals surface area (Å²) in [6, 6.07) is 12.2. The Hall–Kier alpha value is -3.15. The van der Waals surface area contributed by atoms with Crippen molar-refractivity contribution in [2.75, 3.05) is 5.32 Å². The average molecular weight is 294 g/mol. The van der Waals surface area contributed by atoms with E-state index in [2.05, 4.69) is 15.5 Å². The standard InChI is InChI=1S/C16H14N4O2/c1-11-3-2-4-14(15(11)21)16(22)19-12-5-7-13(8-6-12)20-17-9-10-18-20/h2-10,21H,1H3,(H,19,22). The topological polar surface area (TPSA) is 80.0 Å². The third-order valence-corrected chi connectivity index (χ3v) is 3.26. The number of rotatable bonds is 3. The molecule has 3 rings (SSSR count). The second kappa shape index (κ2) is 5.69. The Kier molecular flexibility index (Phi) is 3.57. The predicted molar refractivity (Wildman–Crippen MR) is 82.2 cm³/mol. The normalized spacial score (nSPS) is 10.4. The predicted octanol–water partition coefficient (Wildman–Crippen LogP) is 2.53. The molecule has 6 heteroatoms. The van der Waals surface area contributed by atoms with Crippen LogP contribution in [0.15, 0.2) is 54.9 Å². The van der Waals surface area contributed by atoms with Gasteiger partial charge in [0.15, 0.2) is 0 Å². The molecule has 0 bridgehead atoms. The van der Waals surface area contributed by atoms with Crippen LogP contribution in [0.4, 0.5) is 5.69 Å². The van der Waals surface area contributed by atoms with Gasteiger partial charge in [-0.1, -0.05) is 12.1 Å². The van der Waals surface area contributed by atoms with Crippen molar-refractivity contribution in [2.45, 2.75) is 6.92 Å².